The molecule has 0 fully saturated rings. The van der Waals surface area contributed by atoms with Gasteiger partial charge in [-0.3, -0.25) is 0 Å². The molecule has 0 heterocycles. The van der Waals surface area contributed by atoms with Gasteiger partial charge in [-0.15, -0.1) is 0 Å². The van der Waals surface area contributed by atoms with E-state index in [-0.39, 0.29) is 37.1 Å². The summed E-state index contributed by atoms with van der Waals surface area (Å²) in [7, 11) is 0. The Morgan fingerprint density at radius 3 is 2.84 bits per heavy atom. The molecule has 1 aromatic rings. The third-order valence-corrected chi connectivity index (χ3v) is 2.33. The Morgan fingerprint density at radius 1 is 1.47 bits per heavy atom. The second-order valence-corrected chi connectivity index (χ2v) is 4.32. The summed E-state index contributed by atoms with van der Waals surface area (Å²) in [5, 5.41) is 13.9. The van der Waals surface area contributed by atoms with Crippen molar-refractivity contribution < 1.29 is 19.0 Å². The number of halogens is 1. The van der Waals surface area contributed by atoms with Gasteiger partial charge in [0.25, 0.3) is 0 Å². The zero-order chi connectivity index (χ0) is 14.3. The summed E-state index contributed by atoms with van der Waals surface area (Å²) < 4.78 is 18.4. The molecule has 0 spiro atoms. The molecule has 0 aromatic heterocycles. The molecule has 1 aromatic carbocycles. The van der Waals surface area contributed by atoms with E-state index < -0.39 is 0 Å². The first kappa shape index (κ1) is 15.2. The normalized spacial score (nSPS) is 13.5. The lowest BCUT2D eigenvalue weighted by molar-refractivity contribution is 0.200. The molecule has 5 nitrogen and oxygen atoms in total. The Balaban J connectivity index is 2.31. The topological polar surface area (TPSA) is 70.6 Å². The van der Waals surface area contributed by atoms with Gasteiger partial charge in [-0.25, -0.2) is 9.18 Å². The first-order valence-electron chi connectivity index (χ1n) is 6.08. The minimum atomic E-state index is -0.378. The number of carbonyl (C=O) groups is 1. The molecule has 0 aliphatic carbocycles. The molecule has 0 radical (unpaired) electrons. The van der Waals surface area contributed by atoms with E-state index >= 15 is 0 Å². The lowest BCUT2D eigenvalue weighted by Gasteiger charge is -2.17. The van der Waals surface area contributed by atoms with Crippen LogP contribution in [0, 0.1) is 5.82 Å². The van der Waals surface area contributed by atoms with E-state index in [0.29, 0.717) is 5.75 Å². The van der Waals surface area contributed by atoms with Gasteiger partial charge in [-0.05, 0) is 26.0 Å². The van der Waals surface area contributed by atoms with Crippen LogP contribution in [-0.2, 0) is 0 Å². The highest BCUT2D eigenvalue weighted by molar-refractivity contribution is 5.74. The Labute approximate surface area is 111 Å². The number of ether oxygens (including phenoxy) is 1. The molecule has 0 saturated carbocycles. The van der Waals surface area contributed by atoms with Crippen LogP contribution in [-0.4, -0.2) is 36.4 Å². The Kier molecular flexibility index (Phi) is 6.08. The van der Waals surface area contributed by atoms with Crippen LogP contribution in [0.4, 0.5) is 9.18 Å². The maximum absolute atomic E-state index is 12.9. The molecule has 0 aliphatic heterocycles. The lowest BCUT2D eigenvalue weighted by Crippen LogP contribution is -2.45. The maximum Gasteiger partial charge on any atom is 0.315 e. The van der Waals surface area contributed by atoms with Crippen molar-refractivity contribution >= 4 is 6.03 Å². The van der Waals surface area contributed by atoms with Gasteiger partial charge < -0.3 is 20.5 Å². The Hall–Kier alpha value is -1.82. The molecule has 106 valence electrons. The lowest BCUT2D eigenvalue weighted by atomic mass is 10.3. The number of rotatable bonds is 6. The van der Waals surface area contributed by atoms with Crippen molar-refractivity contribution in [3.8, 4) is 5.75 Å². The zero-order valence-corrected chi connectivity index (χ0v) is 11.0. The van der Waals surface area contributed by atoms with Crippen molar-refractivity contribution in [3.05, 3.63) is 30.1 Å². The van der Waals surface area contributed by atoms with Crippen molar-refractivity contribution in [2.24, 2.45) is 0 Å². The van der Waals surface area contributed by atoms with Crippen LogP contribution in [0.2, 0.25) is 0 Å². The summed E-state index contributed by atoms with van der Waals surface area (Å²) in [5.41, 5.74) is 0. The summed E-state index contributed by atoms with van der Waals surface area (Å²) >= 11 is 0. The minimum absolute atomic E-state index is 0.122. The second-order valence-electron chi connectivity index (χ2n) is 4.32. The molecular weight excluding hydrogens is 251 g/mol. The zero-order valence-electron chi connectivity index (χ0n) is 11.0. The number of benzene rings is 1. The van der Waals surface area contributed by atoms with Crippen LogP contribution in [0.25, 0.3) is 0 Å². The summed E-state index contributed by atoms with van der Waals surface area (Å²) in [5.74, 6) is 0.0469. The van der Waals surface area contributed by atoms with Crippen LogP contribution in [0.3, 0.4) is 0 Å². The number of aliphatic hydroxyl groups is 1. The molecule has 3 N–H and O–H groups in total. The van der Waals surface area contributed by atoms with Crippen LogP contribution >= 0.6 is 0 Å². The number of aliphatic hydroxyl groups excluding tert-OH is 1. The Bertz CT molecular complexity index is 415. The van der Waals surface area contributed by atoms with E-state index in [1.807, 2.05) is 0 Å². The monoisotopic (exact) mass is 270 g/mol. The third-order valence-electron chi connectivity index (χ3n) is 2.33. The van der Waals surface area contributed by atoms with Gasteiger partial charge >= 0.3 is 6.03 Å². The predicted molar refractivity (Wildman–Crippen MR) is 69.6 cm³/mol. The van der Waals surface area contributed by atoms with E-state index in [1.165, 1.54) is 12.1 Å². The van der Waals surface area contributed by atoms with Crippen LogP contribution < -0.4 is 15.4 Å². The minimum Gasteiger partial charge on any atom is -0.489 e. The molecular formula is C13H19FN2O3. The van der Waals surface area contributed by atoms with E-state index in [4.69, 9.17) is 9.84 Å². The largest absolute Gasteiger partial charge is 0.489 e. The standard InChI is InChI=1S/C13H19FN2O3/c1-9(8-17)16-13(18)15-7-10(2)19-12-5-3-4-11(14)6-12/h3-6,9-10,17H,7-8H2,1-2H3,(H2,15,16,18). The molecule has 2 amide bonds. The van der Waals surface area contributed by atoms with Crippen molar-refractivity contribution in [2.45, 2.75) is 26.0 Å². The number of urea groups is 1. The van der Waals surface area contributed by atoms with Gasteiger partial charge in [0, 0.05) is 6.07 Å². The van der Waals surface area contributed by atoms with Gasteiger partial charge in [-0.1, -0.05) is 6.07 Å². The van der Waals surface area contributed by atoms with Gasteiger partial charge in [0.2, 0.25) is 0 Å². The van der Waals surface area contributed by atoms with E-state index in [1.54, 1.807) is 26.0 Å². The molecule has 1 rings (SSSR count). The maximum atomic E-state index is 12.9. The highest BCUT2D eigenvalue weighted by Gasteiger charge is 2.09. The molecule has 0 saturated heterocycles. The highest BCUT2D eigenvalue weighted by atomic mass is 19.1. The summed E-state index contributed by atoms with van der Waals surface area (Å²) in [6.45, 7) is 3.61. The average molecular weight is 270 g/mol. The first-order chi connectivity index (χ1) is 9.01. The van der Waals surface area contributed by atoms with E-state index in [9.17, 15) is 9.18 Å². The quantitative estimate of drug-likeness (QED) is 0.729. The van der Waals surface area contributed by atoms with Crippen molar-refractivity contribution in [1.82, 2.24) is 10.6 Å². The summed E-state index contributed by atoms with van der Waals surface area (Å²) in [4.78, 5) is 11.4. The van der Waals surface area contributed by atoms with Gasteiger partial charge in [0.1, 0.15) is 17.7 Å². The summed E-state index contributed by atoms with van der Waals surface area (Å²) in [6.07, 6.45) is -0.294. The van der Waals surface area contributed by atoms with Crippen LogP contribution in [0.1, 0.15) is 13.8 Å². The fraction of sp³-hybridized carbons (Fsp3) is 0.462. The molecule has 6 heteroatoms. The van der Waals surface area contributed by atoms with Crippen molar-refractivity contribution in [3.63, 3.8) is 0 Å². The highest BCUT2D eigenvalue weighted by Crippen LogP contribution is 2.13. The van der Waals surface area contributed by atoms with Gasteiger partial charge in [0.15, 0.2) is 0 Å². The predicted octanol–water partition coefficient (Wildman–Crippen LogP) is 1.27. The number of hydrogen-bond donors (Lipinski definition) is 3. The van der Waals surface area contributed by atoms with Gasteiger partial charge in [-0.2, -0.15) is 0 Å². The van der Waals surface area contributed by atoms with Crippen molar-refractivity contribution in [2.75, 3.05) is 13.2 Å². The summed E-state index contributed by atoms with van der Waals surface area (Å²) in [6, 6.07) is 5.13. The molecule has 2 atom stereocenters. The average Bonchev–Trinajstić information content (AvgIpc) is 2.36. The smallest absolute Gasteiger partial charge is 0.315 e. The molecule has 2 unspecified atom stereocenters. The molecule has 19 heavy (non-hydrogen) atoms. The number of hydrogen-bond acceptors (Lipinski definition) is 3. The molecule has 0 aliphatic rings. The Morgan fingerprint density at radius 2 is 2.21 bits per heavy atom. The van der Waals surface area contributed by atoms with Crippen LogP contribution in [0.15, 0.2) is 24.3 Å². The SMILES string of the molecule is CC(CO)NC(=O)NCC(C)Oc1cccc(F)c1. The fourth-order valence-corrected chi connectivity index (χ4v) is 1.37. The van der Waals surface area contributed by atoms with Gasteiger partial charge in [0.05, 0.1) is 19.2 Å². The number of amides is 2. The number of carbonyl (C=O) groups excluding carboxylic acids is 1. The molecule has 0 bridgehead atoms. The van der Waals surface area contributed by atoms with E-state index in [0.717, 1.165) is 0 Å². The van der Waals surface area contributed by atoms with E-state index in [2.05, 4.69) is 10.6 Å². The second kappa shape index (κ2) is 7.58. The van der Waals surface area contributed by atoms with Crippen molar-refractivity contribution in [1.29, 1.82) is 0 Å². The van der Waals surface area contributed by atoms with Crippen LogP contribution in [0.5, 0.6) is 5.75 Å². The fourth-order valence-electron chi connectivity index (χ4n) is 1.37. The first-order valence-corrected chi connectivity index (χ1v) is 6.08. The number of nitrogens with one attached hydrogen (secondary N) is 2. The third kappa shape index (κ3) is 6.05.